The van der Waals surface area contributed by atoms with E-state index < -0.39 is 22.5 Å². The number of hydrazone groups is 1. The molecule has 1 amide bonds. The number of amides is 1. The number of methoxy groups -OCH3 is 2. The summed E-state index contributed by atoms with van der Waals surface area (Å²) in [4.78, 5) is 11.9. The fraction of sp³-hybridized carbons (Fsp3) is 0.222. The number of carbonyl (C=O) groups excluding carboxylic acids is 1. The number of hydrogen-bond donors (Lipinski definition) is 2. The number of benzene rings is 2. The van der Waals surface area contributed by atoms with Crippen molar-refractivity contribution in [2.75, 3.05) is 27.8 Å². The van der Waals surface area contributed by atoms with Crippen LogP contribution in [0.5, 0.6) is 17.2 Å². The Morgan fingerprint density at radius 3 is 2.57 bits per heavy atom. The van der Waals surface area contributed by atoms with Crippen LogP contribution in [0.3, 0.4) is 0 Å². The van der Waals surface area contributed by atoms with Gasteiger partial charge in [0.25, 0.3) is 5.91 Å². The summed E-state index contributed by atoms with van der Waals surface area (Å²) in [5, 5.41) is 13.4. The summed E-state index contributed by atoms with van der Waals surface area (Å²) >= 11 is 0. The van der Waals surface area contributed by atoms with Gasteiger partial charge in [0.2, 0.25) is 10.0 Å². The normalized spacial score (nSPS) is 11.6. The highest BCUT2D eigenvalue weighted by Crippen LogP contribution is 2.30. The summed E-state index contributed by atoms with van der Waals surface area (Å²) in [6, 6.07) is 10.8. The number of aromatic hydroxyl groups is 1. The molecule has 0 atom stereocenters. The number of likely N-dealkylation sites (N-methyl/N-ethyl adjacent to an activating group) is 1. The number of carbonyl (C=O) groups is 1. The van der Waals surface area contributed by atoms with Gasteiger partial charge >= 0.3 is 0 Å². The zero-order valence-corrected chi connectivity index (χ0v) is 16.4. The number of ether oxygens (including phenoxy) is 2. The van der Waals surface area contributed by atoms with Crippen LogP contribution in [0, 0.1) is 0 Å². The van der Waals surface area contributed by atoms with Crippen molar-refractivity contribution in [3.05, 3.63) is 48.0 Å². The summed E-state index contributed by atoms with van der Waals surface area (Å²) in [5.41, 5.74) is 2.63. The van der Waals surface area contributed by atoms with Crippen molar-refractivity contribution < 1.29 is 27.8 Å². The standard InChI is InChI=1S/C18H21N3O6S/c1-21(12-18(23)20-19-11-13-6-4-5-7-15(13)22)28(24,25)17-10-14(26-2)8-9-16(17)27-3/h4-11,22H,12H2,1-3H3,(H,20,23)/b19-11+. The maximum atomic E-state index is 12.8. The van der Waals surface area contributed by atoms with Gasteiger partial charge in [-0.05, 0) is 24.3 Å². The van der Waals surface area contributed by atoms with Gasteiger partial charge in [-0.2, -0.15) is 9.41 Å². The molecule has 0 aliphatic carbocycles. The maximum Gasteiger partial charge on any atom is 0.255 e. The van der Waals surface area contributed by atoms with Crippen LogP contribution >= 0.6 is 0 Å². The molecular weight excluding hydrogens is 386 g/mol. The van der Waals surface area contributed by atoms with Gasteiger partial charge in [-0.1, -0.05) is 12.1 Å². The van der Waals surface area contributed by atoms with E-state index in [1.807, 2.05) is 0 Å². The van der Waals surface area contributed by atoms with Gasteiger partial charge in [0.15, 0.2) is 0 Å². The van der Waals surface area contributed by atoms with Gasteiger partial charge in [0.1, 0.15) is 22.1 Å². The molecule has 150 valence electrons. The highest BCUT2D eigenvalue weighted by Gasteiger charge is 2.27. The molecule has 2 rings (SSSR count). The van der Waals surface area contributed by atoms with Gasteiger partial charge < -0.3 is 14.6 Å². The second kappa shape index (κ2) is 9.20. The van der Waals surface area contributed by atoms with Crippen LogP contribution in [0.1, 0.15) is 5.56 Å². The van der Waals surface area contributed by atoms with Crippen molar-refractivity contribution >= 4 is 22.1 Å². The molecule has 0 saturated carbocycles. The Labute approximate surface area is 163 Å². The highest BCUT2D eigenvalue weighted by atomic mass is 32.2. The fourth-order valence-electron chi connectivity index (χ4n) is 2.25. The molecule has 0 spiro atoms. The van der Waals surface area contributed by atoms with Gasteiger partial charge in [0.05, 0.1) is 27.0 Å². The Balaban J connectivity index is 2.10. The smallest absolute Gasteiger partial charge is 0.255 e. The van der Waals surface area contributed by atoms with E-state index in [4.69, 9.17) is 9.47 Å². The van der Waals surface area contributed by atoms with Gasteiger partial charge in [-0.25, -0.2) is 13.8 Å². The molecule has 0 aliphatic rings. The SMILES string of the molecule is COc1ccc(OC)c(S(=O)(=O)N(C)CC(=O)N/N=C/c2ccccc2O)c1. The first-order valence-electron chi connectivity index (χ1n) is 8.08. The van der Waals surface area contributed by atoms with Crippen molar-refractivity contribution in [1.82, 2.24) is 9.73 Å². The van der Waals surface area contributed by atoms with E-state index in [1.165, 1.54) is 45.7 Å². The third-order valence-corrected chi connectivity index (χ3v) is 5.58. The quantitative estimate of drug-likeness (QED) is 0.501. The average Bonchev–Trinajstić information content (AvgIpc) is 2.68. The van der Waals surface area contributed by atoms with Gasteiger partial charge in [-0.15, -0.1) is 0 Å². The monoisotopic (exact) mass is 407 g/mol. The second-order valence-electron chi connectivity index (χ2n) is 5.63. The molecule has 0 radical (unpaired) electrons. The first-order valence-corrected chi connectivity index (χ1v) is 9.52. The predicted molar refractivity (Wildman–Crippen MR) is 103 cm³/mol. The zero-order valence-electron chi connectivity index (χ0n) is 15.6. The predicted octanol–water partition coefficient (Wildman–Crippen LogP) is 1.18. The molecule has 2 aromatic carbocycles. The van der Waals surface area contributed by atoms with Crippen molar-refractivity contribution in [3.8, 4) is 17.2 Å². The van der Waals surface area contributed by atoms with Gasteiger partial charge in [-0.3, -0.25) is 4.79 Å². The summed E-state index contributed by atoms with van der Waals surface area (Å²) in [6.07, 6.45) is 1.26. The first kappa shape index (κ1) is 21.2. The summed E-state index contributed by atoms with van der Waals surface area (Å²) in [5.74, 6) is -0.181. The number of phenols is 1. The van der Waals surface area contributed by atoms with Crippen LogP contribution < -0.4 is 14.9 Å². The zero-order chi connectivity index (χ0) is 20.7. The van der Waals surface area contributed by atoms with Crippen molar-refractivity contribution in [1.29, 1.82) is 0 Å². The van der Waals surface area contributed by atoms with E-state index in [0.717, 1.165) is 4.31 Å². The Hall–Kier alpha value is -3.11. The molecule has 9 nitrogen and oxygen atoms in total. The number of nitrogens with zero attached hydrogens (tertiary/aromatic N) is 2. The lowest BCUT2D eigenvalue weighted by molar-refractivity contribution is -0.121. The first-order chi connectivity index (χ1) is 13.3. The number of rotatable bonds is 8. The summed E-state index contributed by atoms with van der Waals surface area (Å²) in [7, 11) is 0.00982. The Morgan fingerprint density at radius 2 is 1.93 bits per heavy atom. The lowest BCUT2D eigenvalue weighted by Crippen LogP contribution is -2.36. The van der Waals surface area contributed by atoms with E-state index in [-0.39, 0.29) is 16.4 Å². The van der Waals surface area contributed by atoms with E-state index in [0.29, 0.717) is 11.3 Å². The van der Waals surface area contributed by atoms with Crippen molar-refractivity contribution in [3.63, 3.8) is 0 Å². The molecule has 0 saturated heterocycles. The average molecular weight is 407 g/mol. The van der Waals surface area contributed by atoms with E-state index in [1.54, 1.807) is 24.3 Å². The van der Waals surface area contributed by atoms with E-state index in [2.05, 4.69) is 10.5 Å². The topological polar surface area (TPSA) is 118 Å². The van der Waals surface area contributed by atoms with E-state index >= 15 is 0 Å². The molecule has 0 bridgehead atoms. The molecule has 2 aromatic rings. The van der Waals surface area contributed by atoms with Crippen LogP contribution in [0.15, 0.2) is 52.5 Å². The van der Waals surface area contributed by atoms with Crippen molar-refractivity contribution in [2.45, 2.75) is 4.90 Å². The van der Waals surface area contributed by atoms with Gasteiger partial charge in [0, 0.05) is 18.7 Å². The lowest BCUT2D eigenvalue weighted by Gasteiger charge is -2.18. The summed E-state index contributed by atoms with van der Waals surface area (Å²) < 4.78 is 36.6. The molecule has 0 aliphatic heterocycles. The minimum absolute atomic E-state index is 0.00492. The third-order valence-electron chi connectivity index (χ3n) is 3.75. The van der Waals surface area contributed by atoms with Crippen LogP contribution in [0.4, 0.5) is 0 Å². The van der Waals surface area contributed by atoms with Crippen LogP contribution in [0.2, 0.25) is 0 Å². The minimum Gasteiger partial charge on any atom is -0.507 e. The molecular formula is C18H21N3O6S. The second-order valence-corrected chi connectivity index (χ2v) is 7.64. The number of sulfonamides is 1. The number of para-hydroxylation sites is 1. The Bertz CT molecular complexity index is 975. The Kier molecular flexibility index (Phi) is 6.96. The lowest BCUT2D eigenvalue weighted by atomic mass is 10.2. The molecule has 10 heteroatoms. The Morgan fingerprint density at radius 1 is 1.21 bits per heavy atom. The highest BCUT2D eigenvalue weighted by molar-refractivity contribution is 7.89. The molecule has 0 fully saturated rings. The maximum absolute atomic E-state index is 12.8. The van der Waals surface area contributed by atoms with Crippen molar-refractivity contribution in [2.24, 2.45) is 5.10 Å². The molecule has 0 unspecified atom stereocenters. The van der Waals surface area contributed by atoms with Crippen LogP contribution in [-0.4, -0.2) is 57.8 Å². The minimum atomic E-state index is -4.02. The number of nitrogens with one attached hydrogen (secondary N) is 1. The number of hydrogen-bond acceptors (Lipinski definition) is 7. The molecule has 28 heavy (non-hydrogen) atoms. The third kappa shape index (κ3) is 4.99. The fourth-order valence-corrected chi connectivity index (χ4v) is 3.54. The number of phenolic OH excluding ortho intramolecular Hbond substituents is 1. The molecule has 0 heterocycles. The largest absolute Gasteiger partial charge is 0.507 e. The van der Waals surface area contributed by atoms with E-state index in [9.17, 15) is 18.3 Å². The van der Waals surface area contributed by atoms with Crippen LogP contribution in [-0.2, 0) is 14.8 Å². The molecule has 2 N–H and O–H groups in total. The molecule has 0 aromatic heterocycles. The van der Waals surface area contributed by atoms with Crippen LogP contribution in [0.25, 0.3) is 0 Å². The summed E-state index contributed by atoms with van der Waals surface area (Å²) in [6.45, 7) is -0.471.